The molecule has 0 spiro atoms. The van der Waals surface area contributed by atoms with Crippen molar-refractivity contribution in [3.05, 3.63) is 0 Å². The van der Waals surface area contributed by atoms with E-state index in [2.05, 4.69) is 10.1 Å². The van der Waals surface area contributed by atoms with Gasteiger partial charge in [0.15, 0.2) is 0 Å². The molecule has 1 atom stereocenters. The lowest BCUT2D eigenvalue weighted by Crippen LogP contribution is -2.52. The highest BCUT2D eigenvalue weighted by Crippen LogP contribution is 2.11. The summed E-state index contributed by atoms with van der Waals surface area (Å²) in [6, 6.07) is -0.0589. The molecule has 0 amide bonds. The Bertz CT molecular complexity index is 341. The van der Waals surface area contributed by atoms with E-state index in [9.17, 15) is 13.2 Å². The Morgan fingerprint density at radius 2 is 2.25 bits per heavy atom. The summed E-state index contributed by atoms with van der Waals surface area (Å²) < 4.78 is 29.7. The van der Waals surface area contributed by atoms with Crippen LogP contribution >= 0.6 is 0 Å². The van der Waals surface area contributed by atoms with Crippen LogP contribution < -0.4 is 5.32 Å². The van der Waals surface area contributed by atoms with E-state index in [0.29, 0.717) is 19.6 Å². The second-order valence-corrected chi connectivity index (χ2v) is 5.85. The molecular formula is C9H18N2O4S. The molecule has 1 rings (SSSR count). The fourth-order valence-corrected chi connectivity index (χ4v) is 3.32. The van der Waals surface area contributed by atoms with Crippen LogP contribution in [-0.4, -0.2) is 57.2 Å². The number of piperazine rings is 1. The minimum Gasteiger partial charge on any atom is -0.469 e. The van der Waals surface area contributed by atoms with Crippen LogP contribution in [0.1, 0.15) is 13.3 Å². The Hall–Kier alpha value is -0.660. The molecule has 6 nitrogen and oxygen atoms in total. The van der Waals surface area contributed by atoms with Gasteiger partial charge >= 0.3 is 5.97 Å². The van der Waals surface area contributed by atoms with Crippen molar-refractivity contribution in [2.75, 3.05) is 32.5 Å². The average Bonchev–Trinajstić information content (AvgIpc) is 2.26. The average molecular weight is 250 g/mol. The van der Waals surface area contributed by atoms with Gasteiger partial charge in [0.2, 0.25) is 10.0 Å². The van der Waals surface area contributed by atoms with Crippen molar-refractivity contribution >= 4 is 16.0 Å². The maximum atomic E-state index is 11.9. The number of esters is 1. The van der Waals surface area contributed by atoms with Gasteiger partial charge in [-0.2, -0.15) is 4.31 Å². The summed E-state index contributed by atoms with van der Waals surface area (Å²) in [7, 11) is -2.09. The van der Waals surface area contributed by atoms with Gasteiger partial charge in [-0.05, 0) is 6.92 Å². The molecule has 0 radical (unpaired) electrons. The van der Waals surface area contributed by atoms with Crippen LogP contribution in [0.3, 0.4) is 0 Å². The van der Waals surface area contributed by atoms with Gasteiger partial charge in [0, 0.05) is 25.7 Å². The van der Waals surface area contributed by atoms with Crippen molar-refractivity contribution in [1.29, 1.82) is 0 Å². The van der Waals surface area contributed by atoms with Crippen LogP contribution in [0, 0.1) is 0 Å². The number of rotatable bonds is 4. The topological polar surface area (TPSA) is 75.7 Å². The van der Waals surface area contributed by atoms with Crippen LogP contribution in [0.2, 0.25) is 0 Å². The predicted molar refractivity (Wildman–Crippen MR) is 59.5 cm³/mol. The Morgan fingerprint density at radius 3 is 2.81 bits per heavy atom. The van der Waals surface area contributed by atoms with Gasteiger partial charge in [0.25, 0.3) is 0 Å². The van der Waals surface area contributed by atoms with Crippen molar-refractivity contribution in [2.45, 2.75) is 19.4 Å². The molecule has 1 aliphatic rings. The van der Waals surface area contributed by atoms with E-state index in [1.54, 1.807) is 0 Å². The molecule has 16 heavy (non-hydrogen) atoms. The molecule has 0 unspecified atom stereocenters. The minimum absolute atomic E-state index is 0.0589. The fraction of sp³-hybridized carbons (Fsp3) is 0.889. The summed E-state index contributed by atoms with van der Waals surface area (Å²) in [5.74, 6) is -0.671. The van der Waals surface area contributed by atoms with Gasteiger partial charge in [-0.1, -0.05) is 0 Å². The first-order valence-electron chi connectivity index (χ1n) is 5.24. The van der Waals surface area contributed by atoms with Gasteiger partial charge in [0.05, 0.1) is 19.3 Å². The third-order valence-electron chi connectivity index (χ3n) is 2.59. The lowest BCUT2D eigenvalue weighted by atomic mass is 10.3. The van der Waals surface area contributed by atoms with Crippen molar-refractivity contribution < 1.29 is 17.9 Å². The zero-order valence-corrected chi connectivity index (χ0v) is 10.4. The monoisotopic (exact) mass is 250 g/mol. The van der Waals surface area contributed by atoms with E-state index >= 15 is 0 Å². The number of hydrogen-bond acceptors (Lipinski definition) is 5. The molecule has 0 aliphatic carbocycles. The molecule has 1 saturated heterocycles. The molecule has 1 heterocycles. The van der Waals surface area contributed by atoms with Gasteiger partial charge in [0.1, 0.15) is 0 Å². The summed E-state index contributed by atoms with van der Waals surface area (Å²) in [6.07, 6.45) is -0.0878. The van der Waals surface area contributed by atoms with Gasteiger partial charge in [-0.25, -0.2) is 8.42 Å². The minimum atomic E-state index is -3.35. The van der Waals surface area contributed by atoms with Gasteiger partial charge < -0.3 is 10.1 Å². The number of nitrogens with one attached hydrogen (secondary N) is 1. The van der Waals surface area contributed by atoms with E-state index in [1.165, 1.54) is 11.4 Å². The zero-order valence-electron chi connectivity index (χ0n) is 9.60. The molecule has 1 aliphatic heterocycles. The smallest absolute Gasteiger partial charge is 0.306 e. The lowest BCUT2D eigenvalue weighted by molar-refractivity contribution is -0.140. The number of nitrogens with zero attached hydrogens (tertiary/aromatic N) is 1. The molecule has 0 aromatic heterocycles. The van der Waals surface area contributed by atoms with Crippen LogP contribution in [0.15, 0.2) is 0 Å². The largest absolute Gasteiger partial charge is 0.469 e. The maximum Gasteiger partial charge on any atom is 0.306 e. The lowest BCUT2D eigenvalue weighted by Gasteiger charge is -2.32. The Kier molecular flexibility index (Phi) is 4.69. The molecule has 94 valence electrons. The highest BCUT2D eigenvalue weighted by atomic mass is 32.2. The normalized spacial score (nSPS) is 23.0. The second-order valence-electron chi connectivity index (χ2n) is 3.81. The van der Waals surface area contributed by atoms with Crippen LogP contribution in [-0.2, 0) is 19.6 Å². The summed E-state index contributed by atoms with van der Waals surface area (Å²) in [4.78, 5) is 10.9. The number of carbonyl (C=O) groups is 1. The molecule has 0 aromatic rings. The number of hydrogen-bond donors (Lipinski definition) is 1. The van der Waals surface area contributed by atoms with Crippen molar-refractivity contribution in [1.82, 2.24) is 9.62 Å². The molecule has 0 aromatic carbocycles. The summed E-state index contributed by atoms with van der Waals surface area (Å²) in [6.45, 7) is 3.62. The Labute approximate surface area is 96.0 Å². The van der Waals surface area contributed by atoms with E-state index in [4.69, 9.17) is 0 Å². The SMILES string of the molecule is COC(=O)CCS(=O)(=O)N1CCNC[C@H]1C. The molecule has 0 bridgehead atoms. The zero-order chi connectivity index (χ0) is 12.2. The molecule has 1 N–H and O–H groups in total. The van der Waals surface area contributed by atoms with Gasteiger partial charge in [-0.15, -0.1) is 0 Å². The van der Waals surface area contributed by atoms with E-state index in [1.807, 2.05) is 6.92 Å². The summed E-state index contributed by atoms with van der Waals surface area (Å²) >= 11 is 0. The maximum absolute atomic E-state index is 11.9. The van der Waals surface area contributed by atoms with Crippen LogP contribution in [0.5, 0.6) is 0 Å². The first kappa shape index (κ1) is 13.4. The van der Waals surface area contributed by atoms with E-state index < -0.39 is 16.0 Å². The highest BCUT2D eigenvalue weighted by Gasteiger charge is 2.29. The van der Waals surface area contributed by atoms with Crippen molar-refractivity contribution in [3.8, 4) is 0 Å². The third kappa shape index (κ3) is 3.43. The van der Waals surface area contributed by atoms with E-state index in [0.717, 1.165) is 0 Å². The third-order valence-corrected chi connectivity index (χ3v) is 4.57. The molecular weight excluding hydrogens is 232 g/mol. The predicted octanol–water partition coefficient (Wildman–Crippen LogP) is -0.827. The Morgan fingerprint density at radius 1 is 1.56 bits per heavy atom. The first-order valence-corrected chi connectivity index (χ1v) is 6.85. The summed E-state index contributed by atoms with van der Waals surface area (Å²) in [5.41, 5.74) is 0. The number of sulfonamides is 1. The molecule has 0 saturated carbocycles. The number of carbonyl (C=O) groups excluding carboxylic acids is 1. The van der Waals surface area contributed by atoms with Gasteiger partial charge in [-0.3, -0.25) is 4.79 Å². The first-order chi connectivity index (χ1) is 7.47. The number of methoxy groups -OCH3 is 1. The molecule has 1 fully saturated rings. The Balaban J connectivity index is 2.58. The van der Waals surface area contributed by atoms with Crippen molar-refractivity contribution in [2.24, 2.45) is 0 Å². The quantitative estimate of drug-likeness (QED) is 0.659. The second kappa shape index (κ2) is 5.60. The standard InChI is InChI=1S/C9H18N2O4S/c1-8-7-10-4-5-11(8)16(13,14)6-3-9(12)15-2/h8,10H,3-7H2,1-2H3/t8-/m1/s1. The van der Waals surface area contributed by atoms with Crippen LogP contribution in [0.4, 0.5) is 0 Å². The fourth-order valence-electron chi connectivity index (χ4n) is 1.67. The van der Waals surface area contributed by atoms with Crippen LogP contribution in [0.25, 0.3) is 0 Å². The van der Waals surface area contributed by atoms with E-state index in [-0.39, 0.29) is 18.2 Å². The summed E-state index contributed by atoms with van der Waals surface area (Å²) in [5, 5.41) is 3.11. The van der Waals surface area contributed by atoms with Crippen molar-refractivity contribution in [3.63, 3.8) is 0 Å². The highest BCUT2D eigenvalue weighted by molar-refractivity contribution is 7.89. The molecule has 7 heteroatoms. The number of ether oxygens (including phenoxy) is 1.